The maximum absolute atomic E-state index is 5.50. The fourth-order valence-corrected chi connectivity index (χ4v) is 3.10. The molecule has 4 nitrogen and oxygen atoms in total. The Kier molecular flexibility index (Phi) is 5.25. The van der Waals surface area contributed by atoms with Crippen LogP contribution in [-0.2, 0) is 6.54 Å². The molecular weight excluding hydrogens is 238 g/mol. The first-order valence-corrected chi connectivity index (χ1v) is 7.63. The second kappa shape index (κ2) is 6.94. The van der Waals surface area contributed by atoms with Gasteiger partial charge in [-0.3, -0.25) is 4.68 Å². The number of nitrogens with zero attached hydrogens (tertiary/aromatic N) is 2. The van der Waals surface area contributed by atoms with Crippen LogP contribution in [0.5, 0.6) is 5.75 Å². The Morgan fingerprint density at radius 1 is 1.37 bits per heavy atom. The van der Waals surface area contributed by atoms with E-state index in [1.54, 1.807) is 7.11 Å². The summed E-state index contributed by atoms with van der Waals surface area (Å²) in [6, 6.07) is 0.666. The fourth-order valence-electron chi connectivity index (χ4n) is 3.10. The van der Waals surface area contributed by atoms with Crippen molar-refractivity contribution in [2.24, 2.45) is 0 Å². The van der Waals surface area contributed by atoms with Crippen LogP contribution in [0.4, 0.5) is 0 Å². The fraction of sp³-hybridized carbons (Fsp3) is 0.800. The second-order valence-electron chi connectivity index (χ2n) is 5.48. The number of rotatable bonds is 7. The van der Waals surface area contributed by atoms with Crippen molar-refractivity contribution >= 4 is 0 Å². The first-order valence-electron chi connectivity index (χ1n) is 7.63. The highest BCUT2D eigenvalue weighted by atomic mass is 16.5. The van der Waals surface area contributed by atoms with Crippen molar-refractivity contribution in [3.8, 4) is 5.75 Å². The normalized spacial score (nSPS) is 22.9. The molecular formula is C15H27N3O. The topological polar surface area (TPSA) is 39.1 Å². The lowest BCUT2D eigenvalue weighted by Gasteiger charge is -2.15. The molecule has 0 aliphatic heterocycles. The van der Waals surface area contributed by atoms with Gasteiger partial charge in [0, 0.05) is 18.5 Å². The molecule has 1 aliphatic rings. The van der Waals surface area contributed by atoms with Gasteiger partial charge in [-0.2, -0.15) is 5.10 Å². The van der Waals surface area contributed by atoms with E-state index in [1.165, 1.54) is 31.4 Å². The molecule has 19 heavy (non-hydrogen) atoms. The van der Waals surface area contributed by atoms with Crippen molar-refractivity contribution in [2.45, 2.75) is 64.5 Å². The van der Waals surface area contributed by atoms with Gasteiger partial charge in [-0.05, 0) is 38.6 Å². The van der Waals surface area contributed by atoms with Crippen molar-refractivity contribution in [3.05, 3.63) is 11.9 Å². The first-order chi connectivity index (χ1) is 9.30. The number of hydrogen-bond acceptors (Lipinski definition) is 3. The molecule has 0 radical (unpaired) electrons. The van der Waals surface area contributed by atoms with Crippen LogP contribution in [0.15, 0.2) is 6.20 Å². The van der Waals surface area contributed by atoms with E-state index in [1.807, 2.05) is 6.20 Å². The lowest BCUT2D eigenvalue weighted by atomic mass is 10.0. The summed E-state index contributed by atoms with van der Waals surface area (Å²) in [5.41, 5.74) is 1.31. The summed E-state index contributed by atoms with van der Waals surface area (Å²) >= 11 is 0. The van der Waals surface area contributed by atoms with Gasteiger partial charge in [0.15, 0.2) is 5.75 Å². The average molecular weight is 265 g/mol. The zero-order chi connectivity index (χ0) is 13.7. The van der Waals surface area contributed by atoms with Crippen LogP contribution in [-0.4, -0.2) is 29.5 Å². The molecule has 0 saturated heterocycles. The van der Waals surface area contributed by atoms with E-state index in [0.29, 0.717) is 12.0 Å². The summed E-state index contributed by atoms with van der Waals surface area (Å²) in [4.78, 5) is 0. The number of aryl methyl sites for hydroxylation is 1. The highest BCUT2D eigenvalue weighted by Gasteiger charge is 2.30. The minimum absolute atomic E-state index is 0.596. The third-order valence-electron chi connectivity index (χ3n) is 4.00. The number of ether oxygens (including phenoxy) is 1. The van der Waals surface area contributed by atoms with Crippen LogP contribution in [0.2, 0.25) is 0 Å². The second-order valence-corrected chi connectivity index (χ2v) is 5.48. The predicted octanol–water partition coefficient (Wildman–Crippen LogP) is 2.94. The van der Waals surface area contributed by atoms with E-state index in [-0.39, 0.29) is 0 Å². The van der Waals surface area contributed by atoms with Gasteiger partial charge >= 0.3 is 0 Å². The van der Waals surface area contributed by atoms with Gasteiger partial charge in [0.2, 0.25) is 0 Å². The van der Waals surface area contributed by atoms with Gasteiger partial charge in [0.05, 0.1) is 19.0 Å². The van der Waals surface area contributed by atoms with Crippen molar-refractivity contribution in [1.29, 1.82) is 0 Å². The van der Waals surface area contributed by atoms with Crippen LogP contribution < -0.4 is 10.1 Å². The summed E-state index contributed by atoms with van der Waals surface area (Å²) < 4.78 is 7.64. The number of methoxy groups -OCH3 is 1. The van der Waals surface area contributed by atoms with E-state index in [0.717, 1.165) is 25.3 Å². The van der Waals surface area contributed by atoms with Gasteiger partial charge in [-0.15, -0.1) is 0 Å². The summed E-state index contributed by atoms with van der Waals surface area (Å²) in [5.74, 6) is 1.56. The molecule has 4 heteroatoms. The number of aromatic nitrogens is 2. The molecule has 0 amide bonds. The maximum Gasteiger partial charge on any atom is 0.160 e. The Balaban J connectivity index is 2.07. The van der Waals surface area contributed by atoms with Crippen LogP contribution >= 0.6 is 0 Å². The van der Waals surface area contributed by atoms with E-state index in [9.17, 15) is 0 Å². The van der Waals surface area contributed by atoms with Crippen molar-refractivity contribution < 1.29 is 4.74 Å². The zero-order valence-corrected chi connectivity index (χ0v) is 12.5. The zero-order valence-electron chi connectivity index (χ0n) is 12.5. The van der Waals surface area contributed by atoms with E-state index >= 15 is 0 Å². The highest BCUT2D eigenvalue weighted by molar-refractivity contribution is 5.29. The van der Waals surface area contributed by atoms with E-state index in [2.05, 4.69) is 28.9 Å². The molecule has 1 N–H and O–H groups in total. The van der Waals surface area contributed by atoms with Crippen LogP contribution in [0.25, 0.3) is 0 Å². The Morgan fingerprint density at radius 2 is 2.21 bits per heavy atom. The molecule has 1 aromatic heterocycles. The Bertz CT molecular complexity index is 389. The van der Waals surface area contributed by atoms with E-state index < -0.39 is 0 Å². The largest absolute Gasteiger partial charge is 0.493 e. The molecule has 0 bridgehead atoms. The summed E-state index contributed by atoms with van der Waals surface area (Å²) in [7, 11) is 1.75. The SMILES string of the molecule is CCCNC1CCC(c2c(OC)cnn2CCC)C1. The van der Waals surface area contributed by atoms with Crippen molar-refractivity contribution in [1.82, 2.24) is 15.1 Å². The highest BCUT2D eigenvalue weighted by Crippen LogP contribution is 2.38. The Morgan fingerprint density at radius 3 is 2.89 bits per heavy atom. The van der Waals surface area contributed by atoms with Crippen LogP contribution in [0.3, 0.4) is 0 Å². The monoisotopic (exact) mass is 265 g/mol. The molecule has 0 aromatic carbocycles. The Labute approximate surface area is 116 Å². The van der Waals surface area contributed by atoms with Crippen molar-refractivity contribution in [3.63, 3.8) is 0 Å². The molecule has 2 unspecified atom stereocenters. The molecule has 0 spiro atoms. The van der Waals surface area contributed by atoms with Gasteiger partial charge in [-0.25, -0.2) is 0 Å². The van der Waals surface area contributed by atoms with Gasteiger partial charge in [0.1, 0.15) is 0 Å². The molecule has 108 valence electrons. The minimum Gasteiger partial charge on any atom is -0.493 e. The lowest BCUT2D eigenvalue weighted by Crippen LogP contribution is -2.27. The maximum atomic E-state index is 5.50. The molecule has 1 heterocycles. The summed E-state index contributed by atoms with van der Waals surface area (Å²) in [5, 5.41) is 8.12. The predicted molar refractivity (Wildman–Crippen MR) is 77.7 cm³/mol. The standard InChI is InChI=1S/C15H27N3O/c1-4-8-16-13-7-6-12(10-13)15-14(19-3)11-17-18(15)9-5-2/h11-13,16H,4-10H2,1-3H3. The van der Waals surface area contributed by atoms with Gasteiger partial charge < -0.3 is 10.1 Å². The third-order valence-corrected chi connectivity index (χ3v) is 4.00. The van der Waals surface area contributed by atoms with Crippen LogP contribution in [0, 0.1) is 0 Å². The molecule has 1 fully saturated rings. The summed E-state index contributed by atoms with van der Waals surface area (Å²) in [6.45, 7) is 6.53. The van der Waals surface area contributed by atoms with Gasteiger partial charge in [0.25, 0.3) is 0 Å². The Hall–Kier alpha value is -1.03. The first kappa shape index (κ1) is 14.4. The minimum atomic E-state index is 0.596. The number of hydrogen-bond donors (Lipinski definition) is 1. The van der Waals surface area contributed by atoms with Crippen LogP contribution in [0.1, 0.15) is 57.6 Å². The number of nitrogens with one attached hydrogen (secondary N) is 1. The quantitative estimate of drug-likeness (QED) is 0.824. The smallest absolute Gasteiger partial charge is 0.160 e. The van der Waals surface area contributed by atoms with Crippen molar-refractivity contribution in [2.75, 3.05) is 13.7 Å². The average Bonchev–Trinajstić information content (AvgIpc) is 3.02. The molecule has 2 atom stereocenters. The molecule has 2 rings (SSSR count). The van der Waals surface area contributed by atoms with E-state index in [4.69, 9.17) is 4.74 Å². The molecule has 1 saturated carbocycles. The third kappa shape index (κ3) is 3.30. The molecule has 1 aliphatic carbocycles. The summed E-state index contributed by atoms with van der Waals surface area (Å²) in [6.07, 6.45) is 7.92. The molecule has 1 aromatic rings. The van der Waals surface area contributed by atoms with Gasteiger partial charge in [-0.1, -0.05) is 13.8 Å². The lowest BCUT2D eigenvalue weighted by molar-refractivity contribution is 0.399.